The Morgan fingerprint density at radius 1 is 0.351 bits per heavy atom. The SMILES string of the molecule is CCCCCCCCCCCCC(=O)OC[C@H](COP(=O)(O)OC[C@@H](O)COP(=O)(O)OC[C@@H](COC(=O)CCCCCCC)OC(=O)CCCCCCCCC(C)C)OC(=O)CCCCCCCCCCCCC(C)C. The van der Waals surface area contributed by atoms with Gasteiger partial charge >= 0.3 is 39.5 Å². The van der Waals surface area contributed by atoms with E-state index in [4.69, 9.17) is 37.0 Å². The van der Waals surface area contributed by atoms with Gasteiger partial charge in [-0.25, -0.2) is 9.13 Å². The Bertz CT molecular complexity index is 1530. The van der Waals surface area contributed by atoms with Gasteiger partial charge in [-0.1, -0.05) is 228 Å². The number of aliphatic hydroxyl groups excluding tert-OH is 1. The molecule has 0 aromatic heterocycles. The molecule has 77 heavy (non-hydrogen) atoms. The summed E-state index contributed by atoms with van der Waals surface area (Å²) in [6.45, 7) is 9.24. The van der Waals surface area contributed by atoms with Gasteiger partial charge in [-0.05, 0) is 37.5 Å². The van der Waals surface area contributed by atoms with E-state index in [1.54, 1.807) is 0 Å². The summed E-state index contributed by atoms with van der Waals surface area (Å²) < 4.78 is 67.5. The molecule has 19 heteroatoms. The lowest BCUT2D eigenvalue weighted by Crippen LogP contribution is -2.30. The van der Waals surface area contributed by atoms with Gasteiger partial charge in [0, 0.05) is 25.7 Å². The molecule has 0 heterocycles. The van der Waals surface area contributed by atoms with E-state index in [1.165, 1.54) is 89.9 Å². The summed E-state index contributed by atoms with van der Waals surface area (Å²) in [5.41, 5.74) is 0. The summed E-state index contributed by atoms with van der Waals surface area (Å²) in [6, 6.07) is 0. The molecule has 0 radical (unpaired) electrons. The van der Waals surface area contributed by atoms with Gasteiger partial charge in [0.05, 0.1) is 26.4 Å². The van der Waals surface area contributed by atoms with Gasteiger partial charge in [0.2, 0.25) is 0 Å². The largest absolute Gasteiger partial charge is 0.472 e. The second kappa shape index (κ2) is 51.0. The average molecular weight is 1140 g/mol. The van der Waals surface area contributed by atoms with Crippen LogP contribution in [0, 0.1) is 11.8 Å². The number of rotatable bonds is 57. The quantitative estimate of drug-likeness (QED) is 0.0222. The number of hydrogen-bond acceptors (Lipinski definition) is 15. The maximum absolute atomic E-state index is 12.9. The first-order valence-electron chi connectivity index (χ1n) is 30.5. The number of unbranched alkanes of at least 4 members (excludes halogenated alkanes) is 27. The molecule has 0 aliphatic heterocycles. The highest BCUT2D eigenvalue weighted by Crippen LogP contribution is 2.45. The van der Waals surface area contributed by atoms with E-state index >= 15 is 0 Å². The molecule has 0 aliphatic carbocycles. The van der Waals surface area contributed by atoms with Gasteiger partial charge in [0.1, 0.15) is 19.3 Å². The lowest BCUT2D eigenvalue weighted by molar-refractivity contribution is -0.161. The van der Waals surface area contributed by atoms with Gasteiger partial charge < -0.3 is 33.8 Å². The predicted octanol–water partition coefficient (Wildman–Crippen LogP) is 15.3. The lowest BCUT2D eigenvalue weighted by Gasteiger charge is -2.21. The van der Waals surface area contributed by atoms with Crippen LogP contribution in [0.5, 0.6) is 0 Å². The Morgan fingerprint density at radius 2 is 0.597 bits per heavy atom. The zero-order valence-corrected chi connectivity index (χ0v) is 51.0. The minimum atomic E-state index is -4.94. The molecular formula is C58H112O17P2. The van der Waals surface area contributed by atoms with Crippen LogP contribution in [0.4, 0.5) is 0 Å². The third-order valence-corrected chi connectivity index (χ3v) is 15.1. The summed E-state index contributed by atoms with van der Waals surface area (Å²) in [7, 11) is -9.86. The van der Waals surface area contributed by atoms with Crippen molar-refractivity contribution in [3.63, 3.8) is 0 Å². The highest BCUT2D eigenvalue weighted by atomic mass is 31.2. The number of carbonyl (C=O) groups excluding carboxylic acids is 4. The van der Waals surface area contributed by atoms with E-state index in [0.29, 0.717) is 31.6 Å². The summed E-state index contributed by atoms with van der Waals surface area (Å²) in [5, 5.41) is 10.5. The standard InChI is InChI=1S/C58H112O17P2/c1-7-9-11-13-14-15-19-22-29-35-41-56(61)69-47-54(74-57(62)42-36-30-23-20-17-16-18-21-27-32-38-50(3)4)49-73-77(66,67)71-45-52(59)44-70-76(64,65)72-48-53(46-68-55(60)40-34-26-12-10-8-2)75-58(63)43-37-31-25-24-28-33-39-51(5)6/h50-54,59H,7-49H2,1-6H3,(H,64,65)(H,66,67)/t52-,53+,54+/m0/s1. The fourth-order valence-corrected chi connectivity index (χ4v) is 10.0. The second-order valence-electron chi connectivity index (χ2n) is 22.0. The zero-order chi connectivity index (χ0) is 57.3. The fourth-order valence-electron chi connectivity index (χ4n) is 8.47. The average Bonchev–Trinajstić information content (AvgIpc) is 3.38. The molecule has 0 bridgehead atoms. The summed E-state index contributed by atoms with van der Waals surface area (Å²) in [4.78, 5) is 71.6. The lowest BCUT2D eigenvalue weighted by atomic mass is 10.0. The van der Waals surface area contributed by atoms with E-state index in [-0.39, 0.29) is 25.7 Å². The van der Waals surface area contributed by atoms with Crippen molar-refractivity contribution < 1.29 is 80.2 Å². The van der Waals surface area contributed by atoms with Crippen LogP contribution in [0.25, 0.3) is 0 Å². The number of aliphatic hydroxyl groups is 1. The molecule has 0 fully saturated rings. The van der Waals surface area contributed by atoms with Crippen molar-refractivity contribution in [2.24, 2.45) is 11.8 Å². The van der Waals surface area contributed by atoms with Crippen LogP contribution in [0.2, 0.25) is 0 Å². The van der Waals surface area contributed by atoms with Crippen LogP contribution in [0.1, 0.15) is 279 Å². The van der Waals surface area contributed by atoms with Crippen LogP contribution in [0.15, 0.2) is 0 Å². The van der Waals surface area contributed by atoms with Crippen molar-refractivity contribution in [3.8, 4) is 0 Å². The maximum atomic E-state index is 12.9. The normalized spacial score (nSPS) is 14.5. The minimum absolute atomic E-state index is 0.101. The smallest absolute Gasteiger partial charge is 0.462 e. The molecule has 2 unspecified atom stereocenters. The summed E-state index contributed by atoms with van der Waals surface area (Å²) >= 11 is 0. The highest BCUT2D eigenvalue weighted by Gasteiger charge is 2.30. The van der Waals surface area contributed by atoms with Gasteiger partial charge in [-0.2, -0.15) is 0 Å². The molecule has 0 saturated heterocycles. The molecule has 456 valence electrons. The third-order valence-electron chi connectivity index (χ3n) is 13.2. The van der Waals surface area contributed by atoms with Crippen LogP contribution in [-0.4, -0.2) is 96.7 Å². The fraction of sp³-hybridized carbons (Fsp3) is 0.931. The molecule has 0 rings (SSSR count). The molecule has 0 aromatic rings. The maximum Gasteiger partial charge on any atom is 0.472 e. The van der Waals surface area contributed by atoms with Crippen LogP contribution >= 0.6 is 15.6 Å². The molecule has 17 nitrogen and oxygen atoms in total. The van der Waals surface area contributed by atoms with Gasteiger partial charge in [-0.15, -0.1) is 0 Å². The number of ether oxygens (including phenoxy) is 4. The van der Waals surface area contributed by atoms with Gasteiger partial charge in [0.15, 0.2) is 12.2 Å². The third kappa shape index (κ3) is 53.2. The van der Waals surface area contributed by atoms with Crippen molar-refractivity contribution in [2.45, 2.75) is 297 Å². The summed E-state index contributed by atoms with van der Waals surface area (Å²) in [6.07, 6.45) is 31.2. The second-order valence-corrected chi connectivity index (χ2v) is 24.9. The van der Waals surface area contributed by atoms with Crippen molar-refractivity contribution in [3.05, 3.63) is 0 Å². The molecule has 0 aliphatic rings. The number of phosphoric ester groups is 2. The monoisotopic (exact) mass is 1140 g/mol. The van der Waals surface area contributed by atoms with Crippen molar-refractivity contribution in [2.75, 3.05) is 39.6 Å². The van der Waals surface area contributed by atoms with Gasteiger partial charge in [0.25, 0.3) is 0 Å². The predicted molar refractivity (Wildman–Crippen MR) is 303 cm³/mol. The molecule has 0 saturated carbocycles. The number of hydrogen-bond donors (Lipinski definition) is 3. The Kier molecular flexibility index (Phi) is 49.7. The molecule has 0 amide bonds. The van der Waals surface area contributed by atoms with E-state index < -0.39 is 97.5 Å². The molecular weight excluding hydrogens is 1030 g/mol. The molecule has 0 spiro atoms. The topological polar surface area (TPSA) is 237 Å². The Morgan fingerprint density at radius 3 is 0.883 bits per heavy atom. The Hall–Kier alpha value is -1.94. The Balaban J connectivity index is 5.18. The highest BCUT2D eigenvalue weighted by molar-refractivity contribution is 7.47. The van der Waals surface area contributed by atoms with E-state index in [2.05, 4.69) is 41.5 Å². The Labute approximate surface area is 467 Å². The van der Waals surface area contributed by atoms with Crippen molar-refractivity contribution >= 4 is 39.5 Å². The molecule has 0 aromatic carbocycles. The van der Waals surface area contributed by atoms with E-state index in [1.807, 2.05) is 0 Å². The van der Waals surface area contributed by atoms with Crippen LogP contribution < -0.4 is 0 Å². The molecule has 5 atom stereocenters. The van der Waals surface area contributed by atoms with E-state index in [0.717, 1.165) is 102 Å². The van der Waals surface area contributed by atoms with Crippen molar-refractivity contribution in [1.29, 1.82) is 0 Å². The van der Waals surface area contributed by atoms with Crippen molar-refractivity contribution in [1.82, 2.24) is 0 Å². The minimum Gasteiger partial charge on any atom is -0.462 e. The number of phosphoric acid groups is 2. The first kappa shape index (κ1) is 75.1. The summed E-state index contributed by atoms with van der Waals surface area (Å²) in [5.74, 6) is -0.735. The number of carbonyl (C=O) groups is 4. The van der Waals surface area contributed by atoms with E-state index in [9.17, 15) is 43.2 Å². The van der Waals surface area contributed by atoms with Crippen LogP contribution in [-0.2, 0) is 65.4 Å². The van der Waals surface area contributed by atoms with Gasteiger partial charge in [-0.3, -0.25) is 37.3 Å². The zero-order valence-electron chi connectivity index (χ0n) is 49.2. The first-order valence-corrected chi connectivity index (χ1v) is 33.5. The first-order chi connectivity index (χ1) is 36.9. The number of esters is 4. The van der Waals surface area contributed by atoms with Crippen LogP contribution in [0.3, 0.4) is 0 Å². The molecule has 3 N–H and O–H groups in total.